The molecule has 0 spiro atoms. The molecule has 164 valence electrons. The van der Waals surface area contributed by atoms with E-state index < -0.39 is 40.3 Å². The van der Waals surface area contributed by atoms with E-state index in [1.807, 2.05) is 12.1 Å². The Kier molecular flexibility index (Phi) is 7.06. The quantitative estimate of drug-likeness (QED) is 0.369. The van der Waals surface area contributed by atoms with Crippen molar-refractivity contribution in [1.82, 2.24) is 9.71 Å². The highest BCUT2D eigenvalue weighted by Gasteiger charge is 2.32. The highest BCUT2D eigenvalue weighted by Crippen LogP contribution is 2.29. The van der Waals surface area contributed by atoms with Gasteiger partial charge >= 0.3 is 5.97 Å². The number of ketones is 1. The molecule has 2 N–H and O–H groups in total. The van der Waals surface area contributed by atoms with Crippen molar-refractivity contribution in [2.45, 2.75) is 24.8 Å². The van der Waals surface area contributed by atoms with E-state index in [0.717, 1.165) is 5.52 Å². The summed E-state index contributed by atoms with van der Waals surface area (Å²) in [5, 5.41) is 0.550. The minimum atomic E-state index is -4.23. The van der Waals surface area contributed by atoms with Gasteiger partial charge in [-0.1, -0.05) is 61.3 Å². The number of H-pyrrole nitrogens is 1. The molecule has 0 unspecified atom stereocenters. The molecule has 0 amide bonds. The summed E-state index contributed by atoms with van der Waals surface area (Å²) in [7, 11) is -4.23. The van der Waals surface area contributed by atoms with Crippen LogP contribution in [0, 0.1) is 5.92 Å². The van der Waals surface area contributed by atoms with E-state index in [-0.39, 0.29) is 14.9 Å². The summed E-state index contributed by atoms with van der Waals surface area (Å²) in [4.78, 5) is 27.8. The molecule has 3 aromatic rings. The van der Waals surface area contributed by atoms with Crippen molar-refractivity contribution in [3.63, 3.8) is 0 Å². The lowest BCUT2D eigenvalue weighted by Crippen LogP contribution is -2.45. The number of fused-ring (bicyclic) bond motifs is 1. The summed E-state index contributed by atoms with van der Waals surface area (Å²) in [5.74, 6) is -1.76. The molecule has 0 aliphatic heterocycles. The average molecular weight is 483 g/mol. The van der Waals surface area contributed by atoms with E-state index >= 15 is 0 Å². The molecule has 3 rings (SSSR count). The fourth-order valence-electron chi connectivity index (χ4n) is 3.03. The molecular formula is C21H20Cl2N2O5S. The Labute approximate surface area is 189 Å². The molecule has 2 aromatic carbocycles. The minimum absolute atomic E-state index is 0.0783. The van der Waals surface area contributed by atoms with Crippen molar-refractivity contribution in [2.75, 3.05) is 6.61 Å². The zero-order valence-electron chi connectivity index (χ0n) is 16.7. The summed E-state index contributed by atoms with van der Waals surface area (Å²) in [6.07, 6.45) is 1.54. The lowest BCUT2D eigenvalue weighted by Gasteiger charge is -2.21. The highest BCUT2D eigenvalue weighted by atomic mass is 35.5. The number of esters is 1. The molecule has 7 nitrogen and oxygen atoms in total. The van der Waals surface area contributed by atoms with Crippen LogP contribution >= 0.6 is 23.2 Å². The van der Waals surface area contributed by atoms with Crippen molar-refractivity contribution in [3.8, 4) is 0 Å². The molecule has 0 aliphatic carbocycles. The summed E-state index contributed by atoms with van der Waals surface area (Å²) >= 11 is 12.0. The zero-order chi connectivity index (χ0) is 22.8. The van der Waals surface area contributed by atoms with Crippen molar-refractivity contribution < 1.29 is 22.7 Å². The number of hydrogen-bond acceptors (Lipinski definition) is 5. The Hall–Kier alpha value is -2.39. The Morgan fingerprint density at radius 1 is 1.06 bits per heavy atom. The highest BCUT2D eigenvalue weighted by molar-refractivity contribution is 7.89. The molecule has 0 saturated carbocycles. The number of ether oxygens (including phenoxy) is 1. The number of Topliss-reactive ketones (excluding diaryl/α,β-unsaturated/α-hetero) is 1. The van der Waals surface area contributed by atoms with E-state index in [0.29, 0.717) is 10.9 Å². The largest absolute Gasteiger partial charge is 0.456 e. The summed E-state index contributed by atoms with van der Waals surface area (Å²) in [5.41, 5.74) is 1.16. The molecule has 31 heavy (non-hydrogen) atoms. The smallest absolute Gasteiger partial charge is 0.324 e. The maximum Gasteiger partial charge on any atom is 0.324 e. The third-order valence-electron chi connectivity index (χ3n) is 4.63. The van der Waals surface area contributed by atoms with Gasteiger partial charge in [0.1, 0.15) is 10.9 Å². The fourth-order valence-corrected chi connectivity index (χ4v) is 5.51. The molecule has 1 heterocycles. The molecule has 1 atom stereocenters. The van der Waals surface area contributed by atoms with Crippen LogP contribution < -0.4 is 4.72 Å². The third kappa shape index (κ3) is 5.10. The number of aromatic amines is 1. The number of carbonyl (C=O) groups is 2. The summed E-state index contributed by atoms with van der Waals surface area (Å²) in [6, 6.07) is 10.2. The number of carbonyl (C=O) groups excluding carboxylic acids is 2. The van der Waals surface area contributed by atoms with Gasteiger partial charge in [-0.25, -0.2) is 8.42 Å². The topological polar surface area (TPSA) is 105 Å². The van der Waals surface area contributed by atoms with Gasteiger partial charge in [0.05, 0.1) is 10.0 Å². The number of hydrogen-bond donors (Lipinski definition) is 2. The second-order valence-corrected chi connectivity index (χ2v) is 9.64. The first-order chi connectivity index (χ1) is 14.6. The molecule has 0 radical (unpaired) electrons. The van der Waals surface area contributed by atoms with Gasteiger partial charge in [-0.05, 0) is 24.1 Å². The second-order valence-electron chi connectivity index (χ2n) is 7.17. The Bertz CT molecular complexity index is 1220. The van der Waals surface area contributed by atoms with Gasteiger partial charge in [0, 0.05) is 22.7 Å². The van der Waals surface area contributed by atoms with Crippen LogP contribution in [0.15, 0.2) is 53.6 Å². The normalized spacial score (nSPS) is 12.8. The molecule has 0 aliphatic rings. The van der Waals surface area contributed by atoms with E-state index in [2.05, 4.69) is 9.71 Å². The van der Waals surface area contributed by atoms with Crippen LogP contribution in [-0.4, -0.2) is 37.8 Å². The number of para-hydroxylation sites is 1. The maximum atomic E-state index is 12.8. The van der Waals surface area contributed by atoms with Gasteiger partial charge < -0.3 is 9.72 Å². The number of rotatable bonds is 8. The molecule has 1 aromatic heterocycles. The maximum absolute atomic E-state index is 12.8. The van der Waals surface area contributed by atoms with Gasteiger partial charge in [0.2, 0.25) is 15.8 Å². The third-order valence-corrected chi connectivity index (χ3v) is 7.02. The fraction of sp³-hybridized carbons (Fsp3) is 0.238. The lowest BCUT2D eigenvalue weighted by molar-refractivity contribution is -0.145. The first-order valence-corrected chi connectivity index (χ1v) is 11.6. The minimum Gasteiger partial charge on any atom is -0.456 e. The SMILES string of the molecule is CC(C)[C@H](NS(=O)(=O)c1c(Cl)cccc1Cl)C(=O)OCC(=O)c1c[nH]c2ccccc12. The summed E-state index contributed by atoms with van der Waals surface area (Å²) < 4.78 is 33.0. The van der Waals surface area contributed by atoms with E-state index in [1.165, 1.54) is 18.2 Å². The van der Waals surface area contributed by atoms with E-state index in [9.17, 15) is 18.0 Å². The monoisotopic (exact) mass is 482 g/mol. The van der Waals surface area contributed by atoms with Crippen molar-refractivity contribution in [3.05, 3.63) is 64.3 Å². The number of halogens is 2. The summed E-state index contributed by atoms with van der Waals surface area (Å²) in [6.45, 7) is 2.76. The van der Waals surface area contributed by atoms with Crippen LogP contribution in [0.1, 0.15) is 24.2 Å². The van der Waals surface area contributed by atoms with Gasteiger partial charge in [-0.2, -0.15) is 4.72 Å². The van der Waals surface area contributed by atoms with Gasteiger partial charge in [0.25, 0.3) is 0 Å². The Morgan fingerprint density at radius 2 is 1.71 bits per heavy atom. The van der Waals surface area contributed by atoms with Crippen LogP contribution in [-0.2, 0) is 19.6 Å². The van der Waals surface area contributed by atoms with Gasteiger partial charge in [0.15, 0.2) is 6.61 Å². The zero-order valence-corrected chi connectivity index (χ0v) is 19.0. The van der Waals surface area contributed by atoms with Crippen LogP contribution in [0.3, 0.4) is 0 Å². The van der Waals surface area contributed by atoms with Crippen LogP contribution in [0.5, 0.6) is 0 Å². The van der Waals surface area contributed by atoms with Crippen molar-refractivity contribution in [2.24, 2.45) is 5.92 Å². The number of sulfonamides is 1. The van der Waals surface area contributed by atoms with Crippen LogP contribution in [0.2, 0.25) is 10.0 Å². The Balaban J connectivity index is 1.74. The molecule has 10 heteroatoms. The second kappa shape index (κ2) is 9.40. The van der Waals surface area contributed by atoms with Gasteiger partial charge in [-0.15, -0.1) is 0 Å². The first-order valence-electron chi connectivity index (χ1n) is 9.34. The van der Waals surface area contributed by atoms with Crippen LogP contribution in [0.4, 0.5) is 0 Å². The van der Waals surface area contributed by atoms with Crippen LogP contribution in [0.25, 0.3) is 10.9 Å². The molecule has 0 fully saturated rings. The Morgan fingerprint density at radius 3 is 2.35 bits per heavy atom. The molecular weight excluding hydrogens is 463 g/mol. The predicted octanol–water partition coefficient (Wildman–Crippen LogP) is 4.20. The predicted molar refractivity (Wildman–Crippen MR) is 119 cm³/mol. The number of benzene rings is 2. The van der Waals surface area contributed by atoms with Gasteiger partial charge in [-0.3, -0.25) is 9.59 Å². The number of nitrogens with one attached hydrogen (secondary N) is 2. The van der Waals surface area contributed by atoms with Crippen molar-refractivity contribution >= 4 is 55.9 Å². The standard InChI is InChI=1S/C21H20Cl2N2O5S/c1-12(2)19(25-31(28,29)20-15(22)7-5-8-16(20)23)21(27)30-11-18(26)14-10-24-17-9-4-3-6-13(14)17/h3-10,12,19,24-25H,11H2,1-2H3/t19-/m0/s1. The average Bonchev–Trinajstić information content (AvgIpc) is 3.14. The van der Waals surface area contributed by atoms with E-state index in [1.54, 1.807) is 32.2 Å². The molecule has 0 saturated heterocycles. The number of aromatic nitrogens is 1. The lowest BCUT2D eigenvalue weighted by atomic mass is 10.1. The molecule has 0 bridgehead atoms. The first kappa shape index (κ1) is 23.3. The van der Waals surface area contributed by atoms with E-state index in [4.69, 9.17) is 27.9 Å². The van der Waals surface area contributed by atoms with Crippen molar-refractivity contribution in [1.29, 1.82) is 0 Å².